The average Bonchev–Trinajstić information content (AvgIpc) is 3.21. The van der Waals surface area contributed by atoms with E-state index in [-0.39, 0.29) is 11.5 Å². The predicted octanol–water partition coefficient (Wildman–Crippen LogP) is 2.26. The van der Waals surface area contributed by atoms with Crippen LogP contribution in [0.15, 0.2) is 47.4 Å². The van der Waals surface area contributed by atoms with Crippen LogP contribution in [0.4, 0.5) is 0 Å². The van der Waals surface area contributed by atoms with Gasteiger partial charge >= 0.3 is 0 Å². The molecule has 6 heteroatoms. The van der Waals surface area contributed by atoms with Gasteiger partial charge in [0.15, 0.2) is 0 Å². The van der Waals surface area contributed by atoms with Crippen molar-refractivity contribution < 1.29 is 4.79 Å². The molecule has 1 atom stereocenters. The van der Waals surface area contributed by atoms with Crippen molar-refractivity contribution in [3.63, 3.8) is 0 Å². The summed E-state index contributed by atoms with van der Waals surface area (Å²) < 4.78 is 0. The molecule has 1 aromatic heterocycles. The van der Waals surface area contributed by atoms with E-state index in [1.54, 1.807) is 6.07 Å². The summed E-state index contributed by atoms with van der Waals surface area (Å²) in [6.07, 6.45) is 6.17. The monoisotopic (exact) mass is 422 g/mol. The zero-order chi connectivity index (χ0) is 21.8. The third kappa shape index (κ3) is 5.43. The van der Waals surface area contributed by atoms with E-state index in [1.165, 1.54) is 29.8 Å². The SMILES string of the molecule is CN(C)CCN(CC1CCCN(C2Cc3ccccc3C2)C1)C(=O)c1ccc(=O)[nH]c1. The summed E-state index contributed by atoms with van der Waals surface area (Å²) in [5, 5.41) is 0. The molecule has 0 radical (unpaired) electrons. The molecule has 4 rings (SSSR count). The van der Waals surface area contributed by atoms with Crippen molar-refractivity contribution in [2.75, 3.05) is 46.8 Å². The highest BCUT2D eigenvalue weighted by Gasteiger charge is 2.31. The van der Waals surface area contributed by atoms with Crippen LogP contribution in [0.2, 0.25) is 0 Å². The van der Waals surface area contributed by atoms with Crippen molar-refractivity contribution >= 4 is 5.91 Å². The van der Waals surface area contributed by atoms with Gasteiger partial charge in [-0.15, -0.1) is 0 Å². The first-order chi connectivity index (χ1) is 15.0. The van der Waals surface area contributed by atoms with E-state index in [4.69, 9.17) is 0 Å². The fourth-order valence-electron chi connectivity index (χ4n) is 5.01. The lowest BCUT2D eigenvalue weighted by molar-refractivity contribution is 0.0629. The molecule has 1 unspecified atom stereocenters. The van der Waals surface area contributed by atoms with Gasteiger partial charge in [-0.2, -0.15) is 0 Å². The van der Waals surface area contributed by atoms with E-state index < -0.39 is 0 Å². The Morgan fingerprint density at radius 2 is 1.84 bits per heavy atom. The minimum Gasteiger partial charge on any atom is -0.337 e. The minimum absolute atomic E-state index is 0.00324. The van der Waals surface area contributed by atoms with Crippen LogP contribution in [0.1, 0.15) is 34.3 Å². The van der Waals surface area contributed by atoms with Crippen molar-refractivity contribution in [2.24, 2.45) is 5.92 Å². The molecule has 1 fully saturated rings. The molecule has 2 heterocycles. The molecule has 1 aliphatic heterocycles. The van der Waals surface area contributed by atoms with Gasteiger partial charge in [0.2, 0.25) is 5.56 Å². The van der Waals surface area contributed by atoms with Crippen molar-refractivity contribution in [3.05, 3.63) is 69.6 Å². The number of hydrogen-bond donors (Lipinski definition) is 1. The number of carbonyl (C=O) groups is 1. The van der Waals surface area contributed by atoms with Gasteiger partial charge in [-0.05, 0) is 69.4 Å². The first-order valence-corrected chi connectivity index (χ1v) is 11.4. The number of carbonyl (C=O) groups excluding carboxylic acids is 1. The van der Waals surface area contributed by atoms with Crippen LogP contribution < -0.4 is 5.56 Å². The highest BCUT2D eigenvalue weighted by molar-refractivity contribution is 5.93. The quantitative estimate of drug-likeness (QED) is 0.744. The molecule has 2 aromatic rings. The number of fused-ring (bicyclic) bond motifs is 1. The van der Waals surface area contributed by atoms with Gasteiger partial charge in [-0.3, -0.25) is 14.5 Å². The Hall–Kier alpha value is -2.44. The second-order valence-electron chi connectivity index (χ2n) is 9.33. The Kier molecular flexibility index (Phi) is 6.88. The summed E-state index contributed by atoms with van der Waals surface area (Å²) in [5.41, 5.74) is 3.36. The van der Waals surface area contributed by atoms with Crippen LogP contribution in [0, 0.1) is 5.92 Å². The molecule has 1 N–H and O–H groups in total. The maximum absolute atomic E-state index is 13.2. The smallest absolute Gasteiger partial charge is 0.255 e. The number of likely N-dealkylation sites (tertiary alicyclic amines) is 1. The number of H-pyrrole nitrogens is 1. The molecule has 1 aliphatic carbocycles. The van der Waals surface area contributed by atoms with E-state index in [0.29, 0.717) is 24.1 Å². The molecular formula is C25H34N4O2. The predicted molar refractivity (Wildman–Crippen MR) is 123 cm³/mol. The van der Waals surface area contributed by atoms with Crippen LogP contribution in [0.25, 0.3) is 0 Å². The number of aromatic amines is 1. The molecule has 1 aromatic carbocycles. The molecule has 0 saturated carbocycles. The normalized spacial score (nSPS) is 19.5. The number of piperidine rings is 1. The molecule has 0 bridgehead atoms. The van der Waals surface area contributed by atoms with E-state index in [0.717, 1.165) is 45.4 Å². The highest BCUT2D eigenvalue weighted by Crippen LogP contribution is 2.29. The molecule has 31 heavy (non-hydrogen) atoms. The third-order valence-corrected chi connectivity index (χ3v) is 6.71. The number of hydrogen-bond acceptors (Lipinski definition) is 4. The number of likely N-dealkylation sites (N-methyl/N-ethyl adjacent to an activating group) is 1. The first-order valence-electron chi connectivity index (χ1n) is 11.4. The Labute approximate surface area is 184 Å². The Morgan fingerprint density at radius 3 is 2.48 bits per heavy atom. The lowest BCUT2D eigenvalue weighted by Crippen LogP contribution is -2.48. The lowest BCUT2D eigenvalue weighted by Gasteiger charge is -2.39. The molecule has 6 nitrogen and oxygen atoms in total. The largest absolute Gasteiger partial charge is 0.337 e. The number of nitrogens with zero attached hydrogens (tertiary/aromatic N) is 3. The van der Waals surface area contributed by atoms with Crippen LogP contribution in [0.3, 0.4) is 0 Å². The summed E-state index contributed by atoms with van der Waals surface area (Å²) >= 11 is 0. The van der Waals surface area contributed by atoms with Crippen molar-refractivity contribution in [3.8, 4) is 0 Å². The van der Waals surface area contributed by atoms with Crippen molar-refractivity contribution in [1.29, 1.82) is 0 Å². The van der Waals surface area contributed by atoms with Gasteiger partial charge in [0.05, 0.1) is 5.56 Å². The van der Waals surface area contributed by atoms with Gasteiger partial charge in [0.25, 0.3) is 5.91 Å². The molecule has 1 saturated heterocycles. The number of pyridine rings is 1. The highest BCUT2D eigenvalue weighted by atomic mass is 16.2. The summed E-state index contributed by atoms with van der Waals surface area (Å²) in [5.74, 6) is 0.481. The number of rotatable bonds is 7. The average molecular weight is 423 g/mol. The molecule has 166 valence electrons. The summed E-state index contributed by atoms with van der Waals surface area (Å²) in [6.45, 7) is 4.48. The van der Waals surface area contributed by atoms with Crippen LogP contribution in [0.5, 0.6) is 0 Å². The Morgan fingerprint density at radius 1 is 1.10 bits per heavy atom. The fourth-order valence-corrected chi connectivity index (χ4v) is 5.01. The number of nitrogens with one attached hydrogen (secondary N) is 1. The fraction of sp³-hybridized carbons (Fsp3) is 0.520. The standard InChI is InChI=1S/C25H34N4O2/c1-27(2)12-13-29(25(31)22-9-10-24(30)26-16-22)18-19-6-5-11-28(17-19)23-14-20-7-3-4-8-21(20)15-23/h3-4,7-10,16,19,23H,5-6,11-15,17-18H2,1-2H3,(H,26,30). The van der Waals surface area contributed by atoms with Gasteiger partial charge in [-0.25, -0.2) is 0 Å². The summed E-state index contributed by atoms with van der Waals surface area (Å²) in [7, 11) is 4.06. The zero-order valence-electron chi connectivity index (χ0n) is 18.7. The molecule has 2 aliphatic rings. The number of amides is 1. The Bertz CT molecular complexity index is 909. The van der Waals surface area contributed by atoms with Crippen molar-refractivity contribution in [1.82, 2.24) is 19.7 Å². The van der Waals surface area contributed by atoms with E-state index in [9.17, 15) is 9.59 Å². The lowest BCUT2D eigenvalue weighted by atomic mass is 9.95. The van der Waals surface area contributed by atoms with E-state index >= 15 is 0 Å². The van der Waals surface area contributed by atoms with Gasteiger partial charge in [0.1, 0.15) is 0 Å². The maximum atomic E-state index is 13.2. The zero-order valence-corrected chi connectivity index (χ0v) is 18.7. The molecular weight excluding hydrogens is 388 g/mol. The minimum atomic E-state index is -0.183. The van der Waals surface area contributed by atoms with Crippen LogP contribution in [-0.4, -0.2) is 78.5 Å². The first kappa shape index (κ1) is 21.8. The second-order valence-corrected chi connectivity index (χ2v) is 9.33. The summed E-state index contributed by atoms with van der Waals surface area (Å²) in [4.78, 5) is 34.0. The topological polar surface area (TPSA) is 59.6 Å². The van der Waals surface area contributed by atoms with E-state index in [2.05, 4.69) is 39.0 Å². The van der Waals surface area contributed by atoms with Crippen LogP contribution in [-0.2, 0) is 12.8 Å². The van der Waals surface area contributed by atoms with E-state index in [1.807, 2.05) is 19.0 Å². The van der Waals surface area contributed by atoms with Crippen molar-refractivity contribution in [2.45, 2.75) is 31.7 Å². The molecule has 0 spiro atoms. The maximum Gasteiger partial charge on any atom is 0.255 e. The Balaban J connectivity index is 1.41. The van der Waals surface area contributed by atoms with Crippen LogP contribution >= 0.6 is 0 Å². The van der Waals surface area contributed by atoms with Gasteiger partial charge < -0.3 is 14.8 Å². The number of aromatic nitrogens is 1. The number of benzene rings is 1. The van der Waals surface area contributed by atoms with Gasteiger partial charge in [0, 0.05) is 44.5 Å². The second kappa shape index (κ2) is 9.79. The third-order valence-electron chi connectivity index (χ3n) is 6.71. The molecule has 1 amide bonds. The summed E-state index contributed by atoms with van der Waals surface area (Å²) in [6, 6.07) is 12.5. The van der Waals surface area contributed by atoms with Gasteiger partial charge in [-0.1, -0.05) is 24.3 Å².